The first kappa shape index (κ1) is 34.8. The molecule has 1 aliphatic heterocycles. The van der Waals surface area contributed by atoms with Crippen molar-refractivity contribution in [2.45, 2.75) is 62.7 Å². The largest absolute Gasteiger partial charge is 0.481 e. The number of ether oxygens (including phenoxy) is 2. The number of nitrogens with one attached hydrogen (secondary N) is 1. The number of thioether (sulfide) groups is 1. The summed E-state index contributed by atoms with van der Waals surface area (Å²) in [5.74, 6) is -1.63. The van der Waals surface area contributed by atoms with Gasteiger partial charge in [-0.3, -0.25) is 9.59 Å². The van der Waals surface area contributed by atoms with Crippen molar-refractivity contribution in [2.24, 2.45) is 5.92 Å². The van der Waals surface area contributed by atoms with E-state index < -0.39 is 18.2 Å². The topological polar surface area (TPSA) is 142 Å². The summed E-state index contributed by atoms with van der Waals surface area (Å²) in [6, 6.07) is 30.3. The SMILES string of the molecule is C[C@@H]1[C@H](CSc2ccccc2C(=O)O)O[C@H](c2ccc(-c3ccccc3CNC(=O)CCCC(=O)O)cc2)O[C@@H]1c1ccc(CO)cc1. The van der Waals surface area contributed by atoms with Gasteiger partial charge in [0.1, 0.15) is 0 Å². The van der Waals surface area contributed by atoms with Crippen LogP contribution in [0.2, 0.25) is 0 Å². The van der Waals surface area contributed by atoms with Crippen molar-refractivity contribution in [3.8, 4) is 11.1 Å². The standard InChI is InChI=1S/C38H39NO8S/c1-24-32(23-48-33-10-5-4-9-31(33)37(44)45)46-38(47-36(24)27-15-13-25(22-40)14-16-27)28-19-17-26(18-20-28)30-8-3-2-7-29(30)21-39-34(41)11-6-12-35(42)43/h2-5,7-10,13-20,24,32,36,38,40H,6,11-12,21-23H2,1H3,(H,39,41)(H,42,43)(H,44,45)/t24-,32+,36+,38+/m1/s1. The van der Waals surface area contributed by atoms with E-state index in [1.165, 1.54) is 11.8 Å². The van der Waals surface area contributed by atoms with Gasteiger partial charge in [0.2, 0.25) is 5.91 Å². The number of hydrogen-bond acceptors (Lipinski definition) is 7. The monoisotopic (exact) mass is 669 g/mol. The number of rotatable bonds is 14. The van der Waals surface area contributed by atoms with E-state index in [9.17, 15) is 24.6 Å². The maximum atomic E-state index is 12.3. The second-order valence-corrected chi connectivity index (χ2v) is 12.8. The zero-order chi connectivity index (χ0) is 34.0. The van der Waals surface area contributed by atoms with Crippen LogP contribution >= 0.6 is 11.8 Å². The van der Waals surface area contributed by atoms with E-state index in [0.29, 0.717) is 23.6 Å². The quantitative estimate of drug-likeness (QED) is 0.104. The Morgan fingerprint density at radius 1 is 0.812 bits per heavy atom. The van der Waals surface area contributed by atoms with Crippen LogP contribution in [0.15, 0.2) is 102 Å². The number of carboxylic acid groups (broad SMARTS) is 2. The third kappa shape index (κ3) is 8.90. The third-order valence-electron chi connectivity index (χ3n) is 8.43. The van der Waals surface area contributed by atoms with Gasteiger partial charge in [-0.1, -0.05) is 91.9 Å². The van der Waals surface area contributed by atoms with Crippen molar-refractivity contribution in [1.82, 2.24) is 5.32 Å². The number of carbonyl (C=O) groups is 3. The molecular formula is C38H39NO8S. The number of aliphatic carboxylic acids is 1. The predicted molar refractivity (Wildman–Crippen MR) is 182 cm³/mol. The number of carbonyl (C=O) groups excluding carboxylic acids is 1. The molecule has 0 aliphatic carbocycles. The summed E-state index contributed by atoms with van der Waals surface area (Å²) in [6.07, 6.45) is -0.856. The number of amides is 1. The van der Waals surface area contributed by atoms with Crippen molar-refractivity contribution >= 4 is 29.6 Å². The van der Waals surface area contributed by atoms with E-state index >= 15 is 0 Å². The fourth-order valence-electron chi connectivity index (χ4n) is 5.71. The maximum Gasteiger partial charge on any atom is 0.336 e. The van der Waals surface area contributed by atoms with Crippen LogP contribution in [-0.4, -0.2) is 45.0 Å². The minimum absolute atomic E-state index is 0.0430. The van der Waals surface area contributed by atoms with Gasteiger partial charge in [-0.25, -0.2) is 4.79 Å². The molecule has 1 fully saturated rings. The van der Waals surface area contributed by atoms with E-state index in [1.807, 2.05) is 84.9 Å². The lowest BCUT2D eigenvalue weighted by molar-refractivity contribution is -0.268. The Kier molecular flexibility index (Phi) is 12.0. The molecule has 0 unspecified atom stereocenters. The Morgan fingerprint density at radius 3 is 2.21 bits per heavy atom. The lowest BCUT2D eigenvalue weighted by atomic mass is 9.91. The van der Waals surface area contributed by atoms with Crippen LogP contribution in [0.5, 0.6) is 0 Å². The molecule has 10 heteroatoms. The molecule has 0 bridgehead atoms. The second-order valence-electron chi connectivity index (χ2n) is 11.7. The number of aliphatic hydroxyl groups excluding tert-OH is 1. The van der Waals surface area contributed by atoms with Gasteiger partial charge in [0, 0.05) is 41.5 Å². The molecule has 9 nitrogen and oxygen atoms in total. The predicted octanol–water partition coefficient (Wildman–Crippen LogP) is 7.00. The lowest BCUT2D eigenvalue weighted by Gasteiger charge is -2.41. The van der Waals surface area contributed by atoms with Crippen molar-refractivity contribution in [1.29, 1.82) is 0 Å². The van der Waals surface area contributed by atoms with Crippen molar-refractivity contribution in [2.75, 3.05) is 5.75 Å². The van der Waals surface area contributed by atoms with Gasteiger partial charge in [0.25, 0.3) is 0 Å². The minimum atomic E-state index is -0.974. The van der Waals surface area contributed by atoms with Crippen LogP contribution in [-0.2, 0) is 32.2 Å². The van der Waals surface area contributed by atoms with Crippen molar-refractivity contribution in [3.63, 3.8) is 0 Å². The molecule has 250 valence electrons. The van der Waals surface area contributed by atoms with Gasteiger partial charge in [0.15, 0.2) is 6.29 Å². The molecule has 1 heterocycles. The Hall–Kier alpha value is -4.48. The number of carboxylic acids is 2. The van der Waals surface area contributed by atoms with Crippen LogP contribution in [0.3, 0.4) is 0 Å². The van der Waals surface area contributed by atoms with Crippen LogP contribution in [0, 0.1) is 5.92 Å². The highest BCUT2D eigenvalue weighted by Crippen LogP contribution is 2.43. The van der Waals surface area contributed by atoms with E-state index in [0.717, 1.165) is 33.4 Å². The van der Waals surface area contributed by atoms with Gasteiger partial charge in [0.05, 0.1) is 24.4 Å². The first-order valence-corrected chi connectivity index (χ1v) is 16.8. The maximum absolute atomic E-state index is 12.3. The van der Waals surface area contributed by atoms with E-state index in [2.05, 4.69) is 12.2 Å². The highest BCUT2D eigenvalue weighted by atomic mass is 32.2. The van der Waals surface area contributed by atoms with Crippen molar-refractivity contribution in [3.05, 3.63) is 125 Å². The van der Waals surface area contributed by atoms with Gasteiger partial charge in [-0.05, 0) is 46.4 Å². The van der Waals surface area contributed by atoms with E-state index in [4.69, 9.17) is 14.6 Å². The molecule has 48 heavy (non-hydrogen) atoms. The Labute approximate surface area is 283 Å². The molecule has 0 saturated carbocycles. The first-order chi connectivity index (χ1) is 23.2. The van der Waals surface area contributed by atoms with Crippen molar-refractivity contribution < 1.29 is 39.2 Å². The summed E-state index contributed by atoms with van der Waals surface area (Å²) in [5.41, 5.74) is 5.69. The highest BCUT2D eigenvalue weighted by Gasteiger charge is 2.38. The molecule has 5 rings (SSSR count). The molecule has 1 saturated heterocycles. The normalized spacial score (nSPS) is 19.0. The van der Waals surface area contributed by atoms with Crippen LogP contribution in [0.4, 0.5) is 0 Å². The fraction of sp³-hybridized carbons (Fsp3) is 0.289. The Bertz CT molecular complexity index is 1710. The van der Waals surface area contributed by atoms with E-state index in [1.54, 1.807) is 12.1 Å². The first-order valence-electron chi connectivity index (χ1n) is 15.9. The molecule has 4 aromatic carbocycles. The summed E-state index contributed by atoms with van der Waals surface area (Å²) in [5, 5.41) is 31.0. The fourth-order valence-corrected chi connectivity index (χ4v) is 6.92. The zero-order valence-electron chi connectivity index (χ0n) is 26.6. The number of aromatic carboxylic acids is 1. The van der Waals surface area contributed by atoms with E-state index in [-0.39, 0.29) is 49.0 Å². The molecule has 4 N–H and O–H groups in total. The average Bonchev–Trinajstić information content (AvgIpc) is 3.10. The minimum Gasteiger partial charge on any atom is -0.481 e. The molecule has 1 amide bonds. The Balaban J connectivity index is 1.34. The highest BCUT2D eigenvalue weighted by molar-refractivity contribution is 7.99. The number of aliphatic hydroxyl groups is 1. The summed E-state index contributed by atoms with van der Waals surface area (Å²) in [6.45, 7) is 2.34. The number of hydrogen-bond donors (Lipinski definition) is 4. The molecule has 1 aliphatic rings. The molecule has 0 radical (unpaired) electrons. The Morgan fingerprint density at radius 2 is 1.50 bits per heavy atom. The second kappa shape index (κ2) is 16.6. The molecule has 4 aromatic rings. The number of benzene rings is 4. The van der Waals surface area contributed by atoms with Gasteiger partial charge >= 0.3 is 11.9 Å². The molecule has 4 atom stereocenters. The average molecular weight is 670 g/mol. The summed E-state index contributed by atoms with van der Waals surface area (Å²) in [4.78, 5) is 35.5. The van der Waals surface area contributed by atoms with Gasteiger partial charge < -0.3 is 30.1 Å². The smallest absolute Gasteiger partial charge is 0.336 e. The third-order valence-corrected chi connectivity index (χ3v) is 9.59. The molecular weight excluding hydrogens is 630 g/mol. The molecule has 0 aromatic heterocycles. The van der Waals surface area contributed by atoms with Crippen LogP contribution in [0.25, 0.3) is 11.1 Å². The summed E-state index contributed by atoms with van der Waals surface area (Å²) >= 11 is 1.45. The van der Waals surface area contributed by atoms with Gasteiger partial charge in [-0.15, -0.1) is 11.8 Å². The zero-order valence-corrected chi connectivity index (χ0v) is 27.4. The van der Waals surface area contributed by atoms with Crippen LogP contribution in [0.1, 0.15) is 71.2 Å². The lowest BCUT2D eigenvalue weighted by Crippen LogP contribution is -2.38. The van der Waals surface area contributed by atoms with Gasteiger partial charge in [-0.2, -0.15) is 0 Å². The summed E-state index contributed by atoms with van der Waals surface area (Å²) < 4.78 is 13.2. The van der Waals surface area contributed by atoms with Crippen LogP contribution < -0.4 is 5.32 Å². The molecule has 0 spiro atoms. The summed E-state index contributed by atoms with van der Waals surface area (Å²) in [7, 11) is 0.